The van der Waals surface area contributed by atoms with Crippen molar-refractivity contribution in [1.82, 2.24) is 9.80 Å². The third-order valence-electron chi connectivity index (χ3n) is 3.28. The molecular weight excluding hydrogens is 260 g/mol. The van der Waals surface area contributed by atoms with Gasteiger partial charge in [0, 0.05) is 39.8 Å². The van der Waals surface area contributed by atoms with E-state index >= 15 is 0 Å². The van der Waals surface area contributed by atoms with Crippen LogP contribution in [0.1, 0.15) is 13.8 Å². The zero-order valence-corrected chi connectivity index (χ0v) is 12.9. The Bertz CT molecular complexity index is 286. The summed E-state index contributed by atoms with van der Waals surface area (Å²) in [5.41, 5.74) is 0. The van der Waals surface area contributed by atoms with E-state index in [-0.39, 0.29) is 12.6 Å². The minimum Gasteiger partial charge on any atom is -0.480 e. The Morgan fingerprint density at radius 2 is 2.30 bits per heavy atom. The Balaban J connectivity index is 2.43. The van der Waals surface area contributed by atoms with Crippen molar-refractivity contribution in [3.63, 3.8) is 0 Å². The summed E-state index contributed by atoms with van der Waals surface area (Å²) in [5, 5.41) is 8.95. The van der Waals surface area contributed by atoms with Crippen molar-refractivity contribution in [2.75, 3.05) is 59.6 Å². The van der Waals surface area contributed by atoms with Crippen molar-refractivity contribution >= 4 is 5.97 Å². The SMILES string of the molecule is COCCN(CC(=O)O)CC1CN(CC(C)C)CCO1. The Labute approximate surface area is 121 Å². The van der Waals surface area contributed by atoms with Gasteiger partial charge in [-0.15, -0.1) is 0 Å². The van der Waals surface area contributed by atoms with E-state index in [0.29, 0.717) is 25.6 Å². The van der Waals surface area contributed by atoms with Crippen LogP contribution in [-0.2, 0) is 14.3 Å². The Kier molecular flexibility index (Phi) is 8.06. The van der Waals surface area contributed by atoms with Crippen LogP contribution in [0, 0.1) is 5.92 Å². The van der Waals surface area contributed by atoms with Gasteiger partial charge in [0.1, 0.15) is 0 Å². The summed E-state index contributed by atoms with van der Waals surface area (Å²) in [5.74, 6) is -0.173. The fraction of sp³-hybridized carbons (Fsp3) is 0.929. The summed E-state index contributed by atoms with van der Waals surface area (Å²) in [6, 6.07) is 0. The van der Waals surface area contributed by atoms with E-state index in [0.717, 1.165) is 26.2 Å². The van der Waals surface area contributed by atoms with E-state index in [1.807, 2.05) is 4.90 Å². The molecule has 0 aromatic rings. The van der Waals surface area contributed by atoms with Crippen LogP contribution >= 0.6 is 0 Å². The van der Waals surface area contributed by atoms with Crippen LogP contribution in [0.5, 0.6) is 0 Å². The quantitative estimate of drug-likeness (QED) is 0.662. The highest BCUT2D eigenvalue weighted by Gasteiger charge is 2.23. The van der Waals surface area contributed by atoms with Gasteiger partial charge in [-0.05, 0) is 5.92 Å². The average molecular weight is 288 g/mol. The first-order valence-electron chi connectivity index (χ1n) is 7.28. The number of nitrogens with zero attached hydrogens (tertiary/aromatic N) is 2. The first-order valence-corrected chi connectivity index (χ1v) is 7.28. The van der Waals surface area contributed by atoms with Crippen LogP contribution in [0.4, 0.5) is 0 Å². The molecule has 0 aliphatic carbocycles. The monoisotopic (exact) mass is 288 g/mol. The third-order valence-corrected chi connectivity index (χ3v) is 3.28. The number of carbonyl (C=O) groups is 1. The van der Waals surface area contributed by atoms with Crippen LogP contribution in [0.3, 0.4) is 0 Å². The Morgan fingerprint density at radius 1 is 1.55 bits per heavy atom. The molecule has 6 nitrogen and oxygen atoms in total. The summed E-state index contributed by atoms with van der Waals surface area (Å²) < 4.78 is 10.8. The summed E-state index contributed by atoms with van der Waals surface area (Å²) in [4.78, 5) is 15.2. The van der Waals surface area contributed by atoms with Crippen LogP contribution < -0.4 is 0 Å². The summed E-state index contributed by atoms with van der Waals surface area (Å²) in [7, 11) is 1.63. The second-order valence-electron chi connectivity index (χ2n) is 5.77. The molecule has 1 aliphatic heterocycles. The van der Waals surface area contributed by atoms with Crippen LogP contribution in [0.25, 0.3) is 0 Å². The number of hydrogen-bond acceptors (Lipinski definition) is 5. The topological polar surface area (TPSA) is 62.2 Å². The molecule has 1 aliphatic rings. The first kappa shape index (κ1) is 17.4. The van der Waals surface area contributed by atoms with Crippen molar-refractivity contribution in [2.24, 2.45) is 5.92 Å². The lowest BCUT2D eigenvalue weighted by molar-refractivity contribution is -0.139. The molecular formula is C14H28N2O4. The lowest BCUT2D eigenvalue weighted by Gasteiger charge is -2.36. The number of carboxylic acids is 1. The standard InChI is InChI=1S/C14H28N2O4/c1-12(2)8-15-5-7-20-13(9-15)10-16(4-6-19-3)11-14(17)18/h12-13H,4-11H2,1-3H3,(H,17,18). The van der Waals surface area contributed by atoms with Crippen LogP contribution in [0.15, 0.2) is 0 Å². The molecule has 0 spiro atoms. The molecule has 0 amide bonds. The molecule has 0 aromatic carbocycles. The highest BCUT2D eigenvalue weighted by Crippen LogP contribution is 2.09. The third kappa shape index (κ3) is 7.19. The van der Waals surface area contributed by atoms with Gasteiger partial charge in [-0.1, -0.05) is 13.8 Å². The molecule has 1 fully saturated rings. The van der Waals surface area contributed by atoms with Gasteiger partial charge < -0.3 is 14.6 Å². The number of ether oxygens (including phenoxy) is 2. The molecule has 1 heterocycles. The predicted octanol–water partition coefficient (Wildman–Crippen LogP) is 0.376. The minimum absolute atomic E-state index is 0.0351. The summed E-state index contributed by atoms with van der Waals surface area (Å²) >= 11 is 0. The minimum atomic E-state index is -0.809. The average Bonchev–Trinajstić information content (AvgIpc) is 2.35. The molecule has 0 saturated carbocycles. The highest BCUT2D eigenvalue weighted by atomic mass is 16.5. The summed E-state index contributed by atoms with van der Waals surface area (Å²) in [6.45, 7) is 9.88. The predicted molar refractivity (Wildman–Crippen MR) is 77.0 cm³/mol. The maximum Gasteiger partial charge on any atom is 0.317 e. The molecule has 0 radical (unpaired) electrons. The molecule has 1 saturated heterocycles. The van der Waals surface area contributed by atoms with Crippen molar-refractivity contribution < 1.29 is 19.4 Å². The number of morpholine rings is 1. The zero-order chi connectivity index (χ0) is 15.0. The molecule has 0 bridgehead atoms. The van der Waals surface area contributed by atoms with Gasteiger partial charge in [0.05, 0.1) is 25.9 Å². The Hall–Kier alpha value is -0.690. The van der Waals surface area contributed by atoms with E-state index in [2.05, 4.69) is 18.7 Å². The highest BCUT2D eigenvalue weighted by molar-refractivity contribution is 5.69. The number of carboxylic acid groups (broad SMARTS) is 1. The van der Waals surface area contributed by atoms with Gasteiger partial charge >= 0.3 is 5.97 Å². The van der Waals surface area contributed by atoms with E-state index < -0.39 is 5.97 Å². The summed E-state index contributed by atoms with van der Waals surface area (Å²) in [6.07, 6.45) is 0.0821. The smallest absolute Gasteiger partial charge is 0.317 e. The molecule has 1 rings (SSSR count). The Morgan fingerprint density at radius 3 is 2.90 bits per heavy atom. The van der Waals surface area contributed by atoms with E-state index in [4.69, 9.17) is 14.6 Å². The van der Waals surface area contributed by atoms with Crippen LogP contribution in [-0.4, -0.2) is 86.6 Å². The molecule has 1 unspecified atom stereocenters. The largest absolute Gasteiger partial charge is 0.480 e. The maximum absolute atomic E-state index is 10.9. The number of rotatable bonds is 9. The number of aliphatic carboxylic acids is 1. The molecule has 1 atom stereocenters. The van der Waals surface area contributed by atoms with E-state index in [1.54, 1.807) is 7.11 Å². The second-order valence-corrected chi connectivity index (χ2v) is 5.77. The van der Waals surface area contributed by atoms with Crippen molar-refractivity contribution in [1.29, 1.82) is 0 Å². The molecule has 6 heteroatoms. The lowest BCUT2D eigenvalue weighted by atomic mass is 10.1. The fourth-order valence-electron chi connectivity index (χ4n) is 2.51. The molecule has 118 valence electrons. The van der Waals surface area contributed by atoms with Gasteiger partial charge in [0.2, 0.25) is 0 Å². The number of hydrogen-bond donors (Lipinski definition) is 1. The molecule has 0 aromatic heterocycles. The van der Waals surface area contributed by atoms with E-state index in [9.17, 15) is 4.79 Å². The van der Waals surface area contributed by atoms with Crippen molar-refractivity contribution in [3.05, 3.63) is 0 Å². The van der Waals surface area contributed by atoms with Gasteiger partial charge in [0.25, 0.3) is 0 Å². The van der Waals surface area contributed by atoms with Gasteiger partial charge in [-0.25, -0.2) is 0 Å². The maximum atomic E-state index is 10.9. The fourth-order valence-corrected chi connectivity index (χ4v) is 2.51. The van der Waals surface area contributed by atoms with Crippen molar-refractivity contribution in [3.8, 4) is 0 Å². The number of methoxy groups -OCH3 is 1. The van der Waals surface area contributed by atoms with Crippen molar-refractivity contribution in [2.45, 2.75) is 20.0 Å². The van der Waals surface area contributed by atoms with Crippen LogP contribution in [0.2, 0.25) is 0 Å². The zero-order valence-electron chi connectivity index (χ0n) is 12.9. The lowest BCUT2D eigenvalue weighted by Crippen LogP contribution is -2.49. The molecule has 20 heavy (non-hydrogen) atoms. The second kappa shape index (κ2) is 9.28. The molecule has 1 N–H and O–H groups in total. The van der Waals surface area contributed by atoms with Gasteiger partial charge in [-0.3, -0.25) is 14.6 Å². The van der Waals surface area contributed by atoms with Gasteiger partial charge in [-0.2, -0.15) is 0 Å². The van der Waals surface area contributed by atoms with Gasteiger partial charge in [0.15, 0.2) is 0 Å². The normalized spacial score (nSPS) is 20.8. The van der Waals surface area contributed by atoms with E-state index in [1.165, 1.54) is 0 Å². The first-order chi connectivity index (χ1) is 9.51.